The Bertz CT molecular complexity index is 3160. The summed E-state index contributed by atoms with van der Waals surface area (Å²) in [5.74, 6) is -9.26. The third kappa shape index (κ3) is 20.3. The van der Waals surface area contributed by atoms with E-state index in [4.69, 9.17) is 31.8 Å². The number of alkyl carbamates (subject to hydrolysis) is 2. The second-order valence-corrected chi connectivity index (χ2v) is 23.0. The van der Waals surface area contributed by atoms with Crippen molar-refractivity contribution in [3.63, 3.8) is 0 Å². The fourth-order valence-electron chi connectivity index (χ4n) is 10.8. The van der Waals surface area contributed by atoms with Gasteiger partial charge in [0.05, 0.1) is 13.2 Å². The molecule has 7 atom stereocenters. The van der Waals surface area contributed by atoms with Gasteiger partial charge in [-0.1, -0.05) is 125 Å². The second-order valence-electron chi connectivity index (χ2n) is 23.0. The van der Waals surface area contributed by atoms with Crippen molar-refractivity contribution >= 4 is 65.5 Å². The van der Waals surface area contributed by atoms with Crippen LogP contribution in [0.25, 0.3) is 22.3 Å². The lowest BCUT2D eigenvalue weighted by Crippen LogP contribution is -2.60. The summed E-state index contributed by atoms with van der Waals surface area (Å²) in [6.45, 7) is 4.30. The molecule has 0 aliphatic heterocycles. The van der Waals surface area contributed by atoms with Crippen LogP contribution in [0.5, 0.6) is 0 Å². The van der Waals surface area contributed by atoms with Gasteiger partial charge < -0.3 is 89.4 Å². The SMILES string of the molecule is CC(C)C[C@H](NC(=O)OCC1c2ccccc2-c2ccccc21)C(=O)N[C@@H](CCCNC(=N)N)C(=O)N[C@@H](CO)C(=O)NCC(NC(=O)[C@H](CO)NC(=O)[C@H](CCCNC(=N)N)NC(=O)[C@H](CC(C)C)NC(=O)OCC1c2ccccc2-c2ccccc21)C(=O)O. The number of nitrogens with two attached hydrogens (primary N) is 2. The van der Waals surface area contributed by atoms with Crippen molar-refractivity contribution in [2.45, 2.75) is 120 Å². The first-order chi connectivity index (χ1) is 43.5. The van der Waals surface area contributed by atoms with Gasteiger partial charge in [-0.05, 0) is 94.9 Å². The molecule has 0 aromatic heterocycles. The molecular formula is C63H84N14O14. The zero-order valence-corrected chi connectivity index (χ0v) is 51.3. The third-order valence-corrected chi connectivity index (χ3v) is 15.3. The van der Waals surface area contributed by atoms with E-state index in [1.54, 1.807) is 0 Å². The summed E-state index contributed by atoms with van der Waals surface area (Å²) in [6.07, 6.45) is -1.58. The molecule has 8 amide bonds. The number of nitrogens with one attached hydrogen (secondary N) is 12. The first kappa shape index (κ1) is 70.3. The Morgan fingerprint density at radius 3 is 1.08 bits per heavy atom. The van der Waals surface area contributed by atoms with Gasteiger partial charge >= 0.3 is 18.2 Å². The van der Waals surface area contributed by atoms with Crippen molar-refractivity contribution in [1.82, 2.24) is 53.2 Å². The summed E-state index contributed by atoms with van der Waals surface area (Å²) >= 11 is 0. The molecule has 19 N–H and O–H groups in total. The maximum absolute atomic E-state index is 14.0. The Balaban J connectivity index is 1.05. The monoisotopic (exact) mass is 1260 g/mol. The Labute approximate surface area is 526 Å². The van der Waals surface area contributed by atoms with Gasteiger partial charge in [0.15, 0.2) is 11.9 Å². The number of aliphatic hydroxyl groups excluding tert-OH is 2. The van der Waals surface area contributed by atoms with Gasteiger partial charge in [-0.15, -0.1) is 0 Å². The molecule has 0 radical (unpaired) electrons. The number of ether oxygens (including phenoxy) is 2. The fourth-order valence-corrected chi connectivity index (χ4v) is 10.8. The van der Waals surface area contributed by atoms with Crippen LogP contribution in [-0.2, 0) is 43.0 Å². The maximum atomic E-state index is 14.0. The van der Waals surface area contributed by atoms with E-state index in [-0.39, 0.29) is 100 Å². The highest BCUT2D eigenvalue weighted by Gasteiger charge is 2.36. The van der Waals surface area contributed by atoms with Crippen molar-refractivity contribution in [1.29, 1.82) is 10.8 Å². The minimum Gasteiger partial charge on any atom is -0.480 e. The van der Waals surface area contributed by atoms with Crippen molar-refractivity contribution in [2.75, 3.05) is 46.1 Å². The van der Waals surface area contributed by atoms with Gasteiger partial charge in [0.2, 0.25) is 35.4 Å². The molecule has 0 saturated carbocycles. The average molecular weight is 1260 g/mol. The minimum absolute atomic E-state index is 0.0433. The van der Waals surface area contributed by atoms with E-state index in [2.05, 4.69) is 53.2 Å². The summed E-state index contributed by atoms with van der Waals surface area (Å²) < 4.78 is 11.4. The van der Waals surface area contributed by atoms with Gasteiger partial charge in [-0.3, -0.25) is 39.6 Å². The van der Waals surface area contributed by atoms with Gasteiger partial charge in [-0.25, -0.2) is 14.4 Å². The van der Waals surface area contributed by atoms with E-state index >= 15 is 0 Å². The molecule has 0 bridgehead atoms. The molecule has 0 heterocycles. The summed E-state index contributed by atoms with van der Waals surface area (Å²) in [5, 5.41) is 70.5. The number of carboxylic acid groups (broad SMARTS) is 1. The summed E-state index contributed by atoms with van der Waals surface area (Å²) in [4.78, 5) is 122. The molecule has 6 rings (SSSR count). The molecule has 0 saturated heterocycles. The number of amides is 8. The normalized spacial score (nSPS) is 14.4. The van der Waals surface area contributed by atoms with Crippen LogP contribution in [0.1, 0.15) is 100 Å². The molecule has 490 valence electrons. The standard InChI is InChI=1S/C63H84N14O14/c1-34(2)27-48(76-62(88)90-32-44-40-19-9-5-15-36(40)37-16-6-10-20-41(37)44)56(83)71-46(23-13-25-68-60(64)65)54(81)74-51(30-78)53(80)70-29-50(59(86)87)73-58(85)52(31-79)75-55(82)47(24-14-26-69-61(66)67)72-57(84)49(28-35(3)4)77-63(89)91-33-45-42-21-11-7-17-38(42)39-18-8-12-22-43(39)45/h5-12,15-22,34-35,44-52,78-79H,13-14,23-33H2,1-4H3,(H,70,80)(H,71,83)(H,72,84)(H,73,85)(H,74,81)(H,75,82)(H,76,88)(H,77,89)(H,86,87)(H4,64,65,68)(H4,66,67,69)/t46-,47-,48-,49-,50?,51-,52-/m0/s1. The molecule has 0 fully saturated rings. The summed E-state index contributed by atoms with van der Waals surface area (Å²) in [6, 6.07) is 20.1. The molecule has 28 nitrogen and oxygen atoms in total. The first-order valence-corrected chi connectivity index (χ1v) is 30.1. The number of aliphatic hydroxyl groups is 2. The van der Waals surface area contributed by atoms with Crippen LogP contribution in [0.4, 0.5) is 9.59 Å². The zero-order valence-electron chi connectivity index (χ0n) is 51.3. The van der Waals surface area contributed by atoms with Crippen LogP contribution in [0.15, 0.2) is 97.1 Å². The molecule has 2 aliphatic carbocycles. The Morgan fingerprint density at radius 2 is 0.747 bits per heavy atom. The summed E-state index contributed by atoms with van der Waals surface area (Å²) in [5.41, 5.74) is 18.8. The van der Waals surface area contributed by atoms with Crippen LogP contribution in [0.2, 0.25) is 0 Å². The highest BCUT2D eigenvalue weighted by molar-refractivity contribution is 5.96. The number of carbonyl (C=O) groups excluding carboxylic acids is 8. The largest absolute Gasteiger partial charge is 0.480 e. The van der Waals surface area contributed by atoms with E-state index in [9.17, 15) is 58.5 Å². The number of carbonyl (C=O) groups is 9. The van der Waals surface area contributed by atoms with Crippen LogP contribution in [0.3, 0.4) is 0 Å². The minimum atomic E-state index is -1.95. The predicted molar refractivity (Wildman–Crippen MR) is 336 cm³/mol. The number of hydrogen-bond acceptors (Lipinski definition) is 15. The Kier molecular flexibility index (Phi) is 26.4. The number of rotatable bonds is 34. The lowest BCUT2D eigenvalue weighted by atomic mass is 9.98. The fraction of sp³-hybridized carbons (Fsp3) is 0.444. The van der Waals surface area contributed by atoms with Crippen LogP contribution in [-0.4, -0.2) is 169 Å². The van der Waals surface area contributed by atoms with Crippen molar-refractivity contribution in [3.05, 3.63) is 119 Å². The predicted octanol–water partition coefficient (Wildman–Crippen LogP) is 1.03. The smallest absolute Gasteiger partial charge is 0.407 e. The number of carboxylic acids is 1. The lowest BCUT2D eigenvalue weighted by Gasteiger charge is -2.26. The first-order valence-electron chi connectivity index (χ1n) is 30.1. The van der Waals surface area contributed by atoms with E-state index in [0.29, 0.717) is 0 Å². The molecule has 2 aliphatic rings. The van der Waals surface area contributed by atoms with Crippen LogP contribution in [0, 0.1) is 22.7 Å². The molecule has 4 aromatic rings. The zero-order chi connectivity index (χ0) is 66.3. The third-order valence-electron chi connectivity index (χ3n) is 15.3. The highest BCUT2D eigenvalue weighted by atomic mass is 16.6. The molecule has 0 spiro atoms. The van der Waals surface area contributed by atoms with E-state index < -0.39 is 116 Å². The highest BCUT2D eigenvalue weighted by Crippen LogP contribution is 2.45. The van der Waals surface area contributed by atoms with Crippen molar-refractivity contribution in [2.24, 2.45) is 23.3 Å². The molecule has 4 aromatic carbocycles. The molecule has 1 unspecified atom stereocenters. The van der Waals surface area contributed by atoms with E-state index in [0.717, 1.165) is 44.5 Å². The summed E-state index contributed by atoms with van der Waals surface area (Å²) in [7, 11) is 0. The van der Waals surface area contributed by atoms with Gasteiger partial charge in [-0.2, -0.15) is 0 Å². The van der Waals surface area contributed by atoms with E-state index in [1.165, 1.54) is 0 Å². The topological polar surface area (TPSA) is 453 Å². The number of guanidine groups is 2. The number of aliphatic carboxylic acids is 1. The number of benzene rings is 4. The molecule has 28 heteroatoms. The number of hydrogen-bond donors (Lipinski definition) is 17. The number of fused-ring (bicyclic) bond motifs is 6. The Morgan fingerprint density at radius 1 is 0.440 bits per heavy atom. The van der Waals surface area contributed by atoms with Gasteiger partial charge in [0.25, 0.3) is 0 Å². The van der Waals surface area contributed by atoms with E-state index in [1.807, 2.05) is 125 Å². The Hall–Kier alpha value is -9.83. The van der Waals surface area contributed by atoms with Crippen molar-refractivity contribution in [3.8, 4) is 22.3 Å². The molecular weight excluding hydrogens is 1180 g/mol. The average Bonchev–Trinajstić information content (AvgIpc) is 1.63. The van der Waals surface area contributed by atoms with Crippen LogP contribution >= 0.6 is 0 Å². The van der Waals surface area contributed by atoms with Gasteiger partial charge in [0.1, 0.15) is 55.5 Å². The second kappa shape index (κ2) is 34.2. The molecule has 91 heavy (non-hydrogen) atoms. The lowest BCUT2D eigenvalue weighted by molar-refractivity contribution is -0.142. The maximum Gasteiger partial charge on any atom is 0.407 e. The van der Waals surface area contributed by atoms with Crippen LogP contribution < -0.4 is 64.6 Å². The quantitative estimate of drug-likeness (QED) is 0.0176. The van der Waals surface area contributed by atoms with Gasteiger partial charge in [0, 0.05) is 31.5 Å². The van der Waals surface area contributed by atoms with Crippen molar-refractivity contribution < 1.29 is 67.9 Å².